The van der Waals surface area contributed by atoms with Crippen LogP contribution in [0.4, 0.5) is 0 Å². The number of carbonyl (C=O) groups is 1. The van der Waals surface area contributed by atoms with E-state index in [0.29, 0.717) is 12.2 Å². The number of benzene rings is 3. The van der Waals surface area contributed by atoms with E-state index in [1.165, 1.54) is 11.8 Å². The van der Waals surface area contributed by atoms with Crippen molar-refractivity contribution in [2.75, 3.05) is 0 Å². The summed E-state index contributed by atoms with van der Waals surface area (Å²) in [7, 11) is 0. The average molecular weight is 465 g/mol. The molecule has 172 valence electrons. The summed E-state index contributed by atoms with van der Waals surface area (Å²) in [5.74, 6) is -0.488. The Bertz CT molecular complexity index is 1030. The van der Waals surface area contributed by atoms with Crippen LogP contribution in [0.25, 0.3) is 0 Å². The zero-order valence-corrected chi connectivity index (χ0v) is 19.5. The van der Waals surface area contributed by atoms with Gasteiger partial charge in [-0.3, -0.25) is 0 Å². The van der Waals surface area contributed by atoms with Gasteiger partial charge in [0.05, 0.1) is 23.5 Å². The summed E-state index contributed by atoms with van der Waals surface area (Å²) in [4.78, 5) is 13.6. The van der Waals surface area contributed by atoms with Gasteiger partial charge in [-0.15, -0.1) is 11.8 Å². The summed E-state index contributed by atoms with van der Waals surface area (Å²) >= 11 is 1.46. The second kappa shape index (κ2) is 11.0. The highest BCUT2D eigenvalue weighted by molar-refractivity contribution is 8.00. The Balaban J connectivity index is 1.52. The Morgan fingerprint density at radius 2 is 1.61 bits per heavy atom. The maximum absolute atomic E-state index is 12.7. The first-order valence-electron chi connectivity index (χ1n) is 11.0. The van der Waals surface area contributed by atoms with Gasteiger partial charge in [0.25, 0.3) is 0 Å². The molecule has 4 rings (SSSR count). The average Bonchev–Trinajstić information content (AvgIpc) is 2.84. The molecule has 3 aromatic carbocycles. The molecule has 1 fully saturated rings. The van der Waals surface area contributed by atoms with Crippen LogP contribution in [0.15, 0.2) is 89.8 Å². The van der Waals surface area contributed by atoms with Crippen LogP contribution in [0.2, 0.25) is 0 Å². The van der Waals surface area contributed by atoms with Gasteiger partial charge in [-0.2, -0.15) is 0 Å². The van der Waals surface area contributed by atoms with Crippen LogP contribution in [-0.4, -0.2) is 40.9 Å². The van der Waals surface area contributed by atoms with Crippen LogP contribution in [-0.2, 0) is 20.8 Å². The second-order valence-electron chi connectivity index (χ2n) is 8.13. The Morgan fingerprint density at radius 3 is 2.27 bits per heavy atom. The van der Waals surface area contributed by atoms with E-state index in [-0.39, 0.29) is 0 Å². The number of thioether (sulfide) groups is 1. The molecule has 1 N–H and O–H groups in total. The summed E-state index contributed by atoms with van der Waals surface area (Å²) in [6.45, 7) is 4.17. The lowest BCUT2D eigenvalue weighted by atomic mass is 10.0. The van der Waals surface area contributed by atoms with Crippen molar-refractivity contribution in [3.8, 4) is 0 Å². The van der Waals surface area contributed by atoms with E-state index in [9.17, 15) is 9.90 Å². The highest BCUT2D eigenvalue weighted by Gasteiger charge is 2.46. The first-order valence-corrected chi connectivity index (χ1v) is 11.9. The standard InChI is InChI=1S/C27H28O5S/c1-18-13-15-22(16-14-18)33-25-23(28)24(32-26(29)21-11-7-4-8-12-21)19(2)31-27(25)30-17-20-9-5-3-6-10-20/h3-16,19,23-25,27-28H,17H2,1-2H3/t19-,23+,24-,25-,27-/m1/s1. The van der Waals surface area contributed by atoms with Crippen molar-refractivity contribution >= 4 is 17.7 Å². The summed E-state index contributed by atoms with van der Waals surface area (Å²) in [6.07, 6.45) is -3.01. The first-order chi connectivity index (χ1) is 16.0. The predicted molar refractivity (Wildman–Crippen MR) is 128 cm³/mol. The lowest BCUT2D eigenvalue weighted by molar-refractivity contribution is -0.244. The highest BCUT2D eigenvalue weighted by Crippen LogP contribution is 2.37. The highest BCUT2D eigenvalue weighted by atomic mass is 32.2. The molecule has 0 bridgehead atoms. The number of hydrogen-bond acceptors (Lipinski definition) is 6. The molecular formula is C27H28O5S. The molecule has 6 heteroatoms. The van der Waals surface area contributed by atoms with Crippen molar-refractivity contribution in [1.29, 1.82) is 0 Å². The van der Waals surface area contributed by atoms with Crippen molar-refractivity contribution in [3.63, 3.8) is 0 Å². The largest absolute Gasteiger partial charge is 0.453 e. The molecule has 0 amide bonds. The van der Waals surface area contributed by atoms with E-state index in [0.717, 1.165) is 16.0 Å². The Kier molecular flexibility index (Phi) is 7.83. The van der Waals surface area contributed by atoms with Crippen LogP contribution in [0, 0.1) is 6.92 Å². The molecule has 33 heavy (non-hydrogen) atoms. The zero-order chi connectivity index (χ0) is 23.2. The summed E-state index contributed by atoms with van der Waals surface area (Å²) in [5.41, 5.74) is 2.60. The van der Waals surface area contributed by atoms with E-state index < -0.39 is 35.8 Å². The second-order valence-corrected chi connectivity index (χ2v) is 9.38. The van der Waals surface area contributed by atoms with Gasteiger partial charge in [-0.1, -0.05) is 66.2 Å². The number of esters is 1. The van der Waals surface area contributed by atoms with Gasteiger partial charge in [0.15, 0.2) is 12.4 Å². The lowest BCUT2D eigenvalue weighted by Gasteiger charge is -2.42. The van der Waals surface area contributed by atoms with Crippen molar-refractivity contribution in [3.05, 3.63) is 102 Å². The molecule has 0 radical (unpaired) electrons. The topological polar surface area (TPSA) is 65.0 Å². The molecule has 0 aromatic heterocycles. The summed E-state index contributed by atoms with van der Waals surface area (Å²) in [5, 5.41) is 10.8. The van der Waals surface area contributed by atoms with Gasteiger partial charge < -0.3 is 19.3 Å². The third-order valence-corrected chi connectivity index (χ3v) is 6.87. The van der Waals surface area contributed by atoms with Crippen molar-refractivity contribution in [2.45, 2.75) is 55.2 Å². The Labute approximate surface area is 198 Å². The SMILES string of the molecule is Cc1ccc(S[C@H]2[C@H](OCc3ccccc3)O[C@H](C)[C@@H](OC(=O)c3ccccc3)[C@@H]2O)cc1. The van der Waals surface area contributed by atoms with Crippen LogP contribution < -0.4 is 0 Å². The molecule has 1 heterocycles. The van der Waals surface area contributed by atoms with E-state index in [1.54, 1.807) is 31.2 Å². The molecule has 1 saturated heterocycles. The predicted octanol–water partition coefficient (Wildman–Crippen LogP) is 5.00. The third kappa shape index (κ3) is 6.03. The number of aliphatic hydroxyl groups is 1. The molecule has 0 unspecified atom stereocenters. The number of carbonyl (C=O) groups excluding carboxylic acids is 1. The smallest absolute Gasteiger partial charge is 0.338 e. The molecule has 1 aliphatic heterocycles. The molecule has 3 aromatic rings. The molecule has 5 atom stereocenters. The van der Waals surface area contributed by atoms with Crippen molar-refractivity contribution in [1.82, 2.24) is 0 Å². The monoisotopic (exact) mass is 464 g/mol. The van der Waals surface area contributed by atoms with Gasteiger partial charge in [-0.25, -0.2) is 4.79 Å². The van der Waals surface area contributed by atoms with Gasteiger partial charge in [0.1, 0.15) is 6.10 Å². The lowest BCUT2D eigenvalue weighted by Crippen LogP contribution is -2.57. The quantitative estimate of drug-likeness (QED) is 0.496. The third-order valence-electron chi connectivity index (χ3n) is 5.56. The van der Waals surface area contributed by atoms with Crippen molar-refractivity contribution in [2.24, 2.45) is 0 Å². The van der Waals surface area contributed by atoms with Gasteiger partial charge >= 0.3 is 5.97 Å². The Morgan fingerprint density at radius 1 is 0.970 bits per heavy atom. The van der Waals surface area contributed by atoms with Crippen LogP contribution in [0.3, 0.4) is 0 Å². The minimum atomic E-state index is -0.978. The molecule has 5 nitrogen and oxygen atoms in total. The molecule has 0 saturated carbocycles. The normalized spacial score (nSPS) is 24.9. The van der Waals surface area contributed by atoms with Crippen molar-refractivity contribution < 1.29 is 24.1 Å². The van der Waals surface area contributed by atoms with E-state index in [1.807, 2.05) is 67.6 Å². The number of aliphatic hydroxyl groups excluding tert-OH is 1. The minimum Gasteiger partial charge on any atom is -0.453 e. The van der Waals surface area contributed by atoms with Crippen LogP contribution >= 0.6 is 11.8 Å². The fourth-order valence-corrected chi connectivity index (χ4v) is 4.87. The number of rotatable bonds is 7. The molecule has 0 aliphatic carbocycles. The Hall–Kier alpha value is -2.64. The van der Waals surface area contributed by atoms with Crippen LogP contribution in [0.5, 0.6) is 0 Å². The fraction of sp³-hybridized carbons (Fsp3) is 0.296. The molecule has 1 aliphatic rings. The summed E-state index contributed by atoms with van der Waals surface area (Å²) in [6, 6.07) is 26.6. The van der Waals surface area contributed by atoms with Crippen LogP contribution in [0.1, 0.15) is 28.4 Å². The number of hydrogen-bond donors (Lipinski definition) is 1. The van der Waals surface area contributed by atoms with Gasteiger partial charge in [0.2, 0.25) is 0 Å². The minimum absolute atomic E-state index is 0.352. The zero-order valence-electron chi connectivity index (χ0n) is 18.7. The maximum Gasteiger partial charge on any atom is 0.338 e. The first kappa shape index (κ1) is 23.5. The molecule has 0 spiro atoms. The van der Waals surface area contributed by atoms with E-state index in [2.05, 4.69) is 0 Å². The fourth-order valence-electron chi connectivity index (χ4n) is 3.71. The van der Waals surface area contributed by atoms with E-state index in [4.69, 9.17) is 14.2 Å². The summed E-state index contributed by atoms with van der Waals surface area (Å²) < 4.78 is 18.0. The molecular weight excluding hydrogens is 436 g/mol. The maximum atomic E-state index is 12.7. The number of aryl methyl sites for hydroxylation is 1. The van der Waals surface area contributed by atoms with E-state index >= 15 is 0 Å². The number of ether oxygens (including phenoxy) is 3. The van der Waals surface area contributed by atoms with Gasteiger partial charge in [0, 0.05) is 4.90 Å². The van der Waals surface area contributed by atoms with Gasteiger partial charge in [-0.05, 0) is 43.7 Å².